The minimum Gasteiger partial charge on any atom is -0.279 e. The average Bonchev–Trinajstić information content (AvgIpc) is 1.79. The number of carbonyl (C=O) groups is 1. The van der Waals surface area contributed by atoms with Gasteiger partial charge in [-0.05, 0) is 17.0 Å². The van der Waals surface area contributed by atoms with Crippen molar-refractivity contribution in [3.8, 4) is 0 Å². The molecule has 0 aromatic heterocycles. The summed E-state index contributed by atoms with van der Waals surface area (Å²) in [4.78, 5) is 13.5. The zero-order valence-electron chi connectivity index (χ0n) is 6.76. The molecule has 4 nitrogen and oxygen atoms in total. The maximum absolute atomic E-state index is 10.7. The molecule has 1 N–H and O–H groups in total. The van der Waals surface area contributed by atoms with Gasteiger partial charge in [-0.15, -0.1) is 0 Å². The second-order valence-corrected chi connectivity index (χ2v) is 3.66. The molecule has 5 heteroatoms. The summed E-state index contributed by atoms with van der Waals surface area (Å²) >= 11 is 5.23. The molecule has 0 aromatic rings. The van der Waals surface area contributed by atoms with Crippen LogP contribution < -0.4 is 4.91 Å². The van der Waals surface area contributed by atoms with Crippen LogP contribution in [0.1, 0.15) is 20.8 Å². The highest BCUT2D eigenvalue weighted by molar-refractivity contribution is 6.64. The normalized spacial score (nSPS) is 13.5. The predicted molar refractivity (Wildman–Crippen MR) is 41.4 cm³/mol. The first kappa shape index (κ1) is 10.3. The van der Waals surface area contributed by atoms with Crippen LogP contribution in [0, 0.1) is 10.9 Å². The Hall–Kier alpha value is -0.730. The van der Waals surface area contributed by atoms with E-state index in [1.807, 2.05) is 20.8 Å². The van der Waals surface area contributed by atoms with Crippen molar-refractivity contribution >= 4 is 16.8 Å². The van der Waals surface area contributed by atoms with Gasteiger partial charge in [0.2, 0.25) is 11.0 Å². The first-order valence-electron chi connectivity index (χ1n) is 3.15. The molecule has 0 aliphatic heterocycles. The maximum Gasteiger partial charge on any atom is 0.254 e. The lowest BCUT2D eigenvalue weighted by atomic mass is 9.88. The number of hydrogen-bond acceptors (Lipinski definition) is 3. The van der Waals surface area contributed by atoms with E-state index in [4.69, 9.17) is 17.1 Å². The second kappa shape index (κ2) is 3.60. The lowest BCUT2D eigenvalue weighted by Crippen LogP contribution is -2.29. The summed E-state index contributed by atoms with van der Waals surface area (Å²) in [5, 5.41) is 2.83. The zero-order chi connectivity index (χ0) is 9.07. The molecule has 0 unspecified atom stereocenters. The van der Waals surface area contributed by atoms with Gasteiger partial charge in [-0.25, -0.2) is 0 Å². The summed E-state index contributed by atoms with van der Waals surface area (Å²) < 4.78 is 0. The Balaban J connectivity index is 4.61. The van der Waals surface area contributed by atoms with Crippen molar-refractivity contribution in [3.63, 3.8) is 0 Å². The summed E-state index contributed by atoms with van der Waals surface area (Å²) in [6.07, 6.45) is 0. The maximum atomic E-state index is 10.7. The summed E-state index contributed by atoms with van der Waals surface area (Å²) in [6, 6.07) is -0.721. The lowest BCUT2D eigenvalue weighted by molar-refractivity contribution is -0.114. The minimum atomic E-state index is -0.721. The Labute approximate surface area is 70.2 Å². The lowest BCUT2D eigenvalue weighted by Gasteiger charge is -2.17. The van der Waals surface area contributed by atoms with E-state index in [2.05, 4.69) is 10.0 Å². The fourth-order valence-electron chi connectivity index (χ4n) is 0.617. The van der Waals surface area contributed by atoms with E-state index in [9.17, 15) is 4.79 Å². The topological polar surface area (TPSA) is 67.4 Å². The first-order chi connectivity index (χ1) is 4.89. The summed E-state index contributed by atoms with van der Waals surface area (Å²) in [5.41, 5.74) is 6.08. The Morgan fingerprint density at radius 1 is 1.64 bits per heavy atom. The van der Waals surface area contributed by atoms with Crippen molar-refractivity contribution in [2.45, 2.75) is 26.8 Å². The van der Waals surface area contributed by atoms with Crippen LogP contribution in [0.4, 0.5) is 0 Å². The highest BCUT2D eigenvalue weighted by Gasteiger charge is 2.34. The van der Waals surface area contributed by atoms with Crippen LogP contribution in [0.25, 0.3) is 0 Å². The van der Waals surface area contributed by atoms with Crippen LogP contribution in [-0.2, 0) is 4.79 Å². The summed E-state index contributed by atoms with van der Waals surface area (Å²) in [6.45, 7) is 5.44. The molecule has 0 aromatic carbocycles. The van der Waals surface area contributed by atoms with Crippen LogP contribution in [0.15, 0.2) is 5.11 Å². The van der Waals surface area contributed by atoms with Gasteiger partial charge in [0.1, 0.15) is 10.6 Å². The molecule has 0 aliphatic rings. The van der Waals surface area contributed by atoms with E-state index in [0.717, 1.165) is 0 Å². The number of halogens is 1. The van der Waals surface area contributed by atoms with E-state index in [0.29, 0.717) is 0 Å². The Bertz CT molecular complexity index is 200. The molecule has 1 atom stereocenters. The van der Waals surface area contributed by atoms with E-state index >= 15 is 0 Å². The molecule has 0 bridgehead atoms. The highest BCUT2D eigenvalue weighted by atomic mass is 35.5. The van der Waals surface area contributed by atoms with Crippen molar-refractivity contribution in [1.29, 1.82) is 5.53 Å². The standard InChI is InChI=1S/C6H11ClN3O/c1-6(2,3)4(5(7)11)9-10-8/h4,8H,1-3H3/q+1/t4-/m1/s1. The van der Waals surface area contributed by atoms with E-state index < -0.39 is 11.3 Å². The van der Waals surface area contributed by atoms with Crippen LogP contribution in [-0.4, -0.2) is 11.3 Å². The van der Waals surface area contributed by atoms with Gasteiger partial charge in [-0.2, -0.15) is 0 Å². The molecule has 0 saturated carbocycles. The average molecular weight is 177 g/mol. The largest absolute Gasteiger partial charge is 0.279 e. The van der Waals surface area contributed by atoms with Crippen molar-refractivity contribution in [1.82, 2.24) is 4.91 Å². The highest BCUT2D eigenvalue weighted by Crippen LogP contribution is 2.23. The molecule has 0 fully saturated rings. The van der Waals surface area contributed by atoms with Gasteiger partial charge in [0.05, 0.1) is 0 Å². The predicted octanol–water partition coefficient (Wildman–Crippen LogP) is 1.72. The molecule has 0 rings (SSSR count). The van der Waals surface area contributed by atoms with Crippen LogP contribution in [0.5, 0.6) is 0 Å². The third-order valence-corrected chi connectivity index (χ3v) is 1.42. The number of hydrogen-bond donors (Lipinski definition) is 1. The summed E-state index contributed by atoms with van der Waals surface area (Å²) in [5.74, 6) is 0. The minimum absolute atomic E-state index is 0.372. The molecular weight excluding hydrogens is 166 g/mol. The third-order valence-electron chi connectivity index (χ3n) is 1.21. The van der Waals surface area contributed by atoms with Crippen molar-refractivity contribution < 1.29 is 4.79 Å². The fraction of sp³-hybridized carbons (Fsp3) is 0.833. The number of rotatable bonds is 2. The molecule has 0 spiro atoms. The fourth-order valence-corrected chi connectivity index (χ4v) is 0.988. The monoisotopic (exact) mass is 176 g/mol. The van der Waals surface area contributed by atoms with Crippen LogP contribution >= 0.6 is 11.6 Å². The first-order valence-corrected chi connectivity index (χ1v) is 3.53. The molecule has 62 valence electrons. The van der Waals surface area contributed by atoms with Crippen molar-refractivity contribution in [3.05, 3.63) is 0 Å². The molecule has 0 heterocycles. The Morgan fingerprint density at radius 2 is 2.09 bits per heavy atom. The van der Waals surface area contributed by atoms with Crippen molar-refractivity contribution in [2.75, 3.05) is 0 Å². The molecule has 0 amide bonds. The summed E-state index contributed by atoms with van der Waals surface area (Å²) in [7, 11) is 0. The van der Waals surface area contributed by atoms with Gasteiger partial charge in [0, 0.05) is 0 Å². The Morgan fingerprint density at radius 3 is 2.18 bits per heavy atom. The van der Waals surface area contributed by atoms with Gasteiger partial charge in [-0.1, -0.05) is 20.8 Å². The van der Waals surface area contributed by atoms with Gasteiger partial charge >= 0.3 is 0 Å². The van der Waals surface area contributed by atoms with Crippen LogP contribution in [0.3, 0.4) is 0 Å². The second-order valence-electron chi connectivity index (χ2n) is 3.29. The SMILES string of the molecule is CC(C)(C)[C@H](N=[N+]=N)C(=O)Cl. The molecular formula is C6H11ClN3O+. The number of nitrogens with one attached hydrogen (secondary N) is 1. The van der Waals surface area contributed by atoms with Crippen molar-refractivity contribution in [2.24, 2.45) is 10.5 Å². The van der Waals surface area contributed by atoms with E-state index in [-0.39, 0.29) is 5.41 Å². The van der Waals surface area contributed by atoms with E-state index in [1.54, 1.807) is 0 Å². The molecule has 0 aliphatic carbocycles. The molecule has 0 saturated heterocycles. The zero-order valence-corrected chi connectivity index (χ0v) is 7.51. The van der Waals surface area contributed by atoms with Gasteiger partial charge in [0.15, 0.2) is 0 Å². The van der Waals surface area contributed by atoms with E-state index in [1.165, 1.54) is 0 Å². The van der Waals surface area contributed by atoms with Gasteiger partial charge in [0.25, 0.3) is 5.24 Å². The smallest absolute Gasteiger partial charge is 0.254 e. The number of nitrogens with zero attached hydrogens (tertiary/aromatic N) is 2. The quantitative estimate of drug-likeness (QED) is 0.389. The van der Waals surface area contributed by atoms with Crippen LogP contribution in [0.2, 0.25) is 0 Å². The molecule has 11 heavy (non-hydrogen) atoms. The number of carbonyl (C=O) groups excluding carboxylic acids is 1. The van der Waals surface area contributed by atoms with Gasteiger partial charge < -0.3 is 0 Å². The van der Waals surface area contributed by atoms with Gasteiger partial charge in [-0.3, -0.25) is 4.79 Å². The Kier molecular flexibility index (Phi) is 3.36. The molecule has 0 radical (unpaired) electrons. The third kappa shape index (κ3) is 3.25.